The summed E-state index contributed by atoms with van der Waals surface area (Å²) >= 11 is 0. The third kappa shape index (κ3) is 6.71. The van der Waals surface area contributed by atoms with E-state index < -0.39 is 27.9 Å². The fourth-order valence-electron chi connectivity index (χ4n) is 5.25. The predicted molar refractivity (Wildman–Crippen MR) is 167 cm³/mol. The molecule has 4 aromatic rings. The molecule has 0 saturated carbocycles. The van der Waals surface area contributed by atoms with Crippen LogP contribution in [-0.4, -0.2) is 70.3 Å². The van der Waals surface area contributed by atoms with Crippen molar-refractivity contribution in [1.82, 2.24) is 24.6 Å². The Labute approximate surface area is 257 Å². The van der Waals surface area contributed by atoms with Gasteiger partial charge in [0.25, 0.3) is 0 Å². The molecule has 11 nitrogen and oxygen atoms in total. The maximum Gasteiger partial charge on any atom is 0.339 e. The van der Waals surface area contributed by atoms with Gasteiger partial charge in [0.2, 0.25) is 15.9 Å². The number of nitrogens with one attached hydrogen (secondary N) is 1. The topological polar surface area (TPSA) is 146 Å². The largest absolute Gasteiger partial charge is 0.478 e. The van der Waals surface area contributed by atoms with Gasteiger partial charge in [-0.25, -0.2) is 23.2 Å². The zero-order valence-electron chi connectivity index (χ0n) is 24.8. The van der Waals surface area contributed by atoms with Crippen LogP contribution in [0, 0.1) is 0 Å². The van der Waals surface area contributed by atoms with E-state index in [-0.39, 0.29) is 42.2 Å². The van der Waals surface area contributed by atoms with Crippen molar-refractivity contribution in [1.29, 1.82) is 0 Å². The lowest BCUT2D eigenvalue weighted by molar-refractivity contribution is -0.125. The molecule has 1 aliphatic rings. The van der Waals surface area contributed by atoms with Crippen molar-refractivity contribution < 1.29 is 23.1 Å². The molecule has 12 heteroatoms. The number of hydrogen-bond donors (Lipinski definition) is 2. The standard InChI is InChI=1S/C32H36N6O5S/c1-3-5-6-23-7-9-24(10-8-23)17-35-31(39)28-21-37(29-20-34-27-19-33-18-26(32(40)41)30(27)36-29)15-16-38(28)44(42,43)25-13-11-22(4-2)12-14-25/h7-14,18-20,28H,3-6,15-17,21H2,1-2H3,(H,35,39)(H,40,41). The molecule has 0 aliphatic carbocycles. The Kier molecular flexibility index (Phi) is 9.50. The van der Waals surface area contributed by atoms with Crippen LogP contribution >= 0.6 is 0 Å². The molecule has 2 aromatic carbocycles. The third-order valence-electron chi connectivity index (χ3n) is 7.88. The molecule has 230 valence electrons. The molecule has 0 radical (unpaired) electrons. The quantitative estimate of drug-likeness (QED) is 0.257. The molecular formula is C32H36N6O5S. The SMILES string of the molecule is CCCCc1ccc(CNC(=O)C2CN(c3cnc4cncc(C(=O)O)c4n3)CCN2S(=O)(=O)c2ccc(CC)cc2)cc1. The summed E-state index contributed by atoms with van der Waals surface area (Å²) in [6, 6.07) is 13.7. The summed E-state index contributed by atoms with van der Waals surface area (Å²) in [5, 5.41) is 12.6. The predicted octanol–water partition coefficient (Wildman–Crippen LogP) is 3.82. The minimum absolute atomic E-state index is 0.00172. The van der Waals surface area contributed by atoms with Crippen molar-refractivity contribution >= 4 is 38.8 Å². The monoisotopic (exact) mass is 616 g/mol. The summed E-state index contributed by atoms with van der Waals surface area (Å²) in [6.45, 7) is 4.63. The lowest BCUT2D eigenvalue weighted by Crippen LogP contribution is -2.60. The number of carboxylic acids is 1. The van der Waals surface area contributed by atoms with Gasteiger partial charge in [-0.15, -0.1) is 0 Å². The summed E-state index contributed by atoms with van der Waals surface area (Å²) in [5.74, 6) is -1.28. The lowest BCUT2D eigenvalue weighted by atomic mass is 10.1. The number of anilines is 1. The van der Waals surface area contributed by atoms with Crippen molar-refractivity contribution in [3.05, 3.63) is 89.4 Å². The van der Waals surface area contributed by atoms with Crippen molar-refractivity contribution in [2.24, 2.45) is 0 Å². The highest BCUT2D eigenvalue weighted by atomic mass is 32.2. The van der Waals surface area contributed by atoms with Crippen LogP contribution in [0.2, 0.25) is 0 Å². The zero-order valence-corrected chi connectivity index (χ0v) is 25.6. The number of nitrogens with zero attached hydrogens (tertiary/aromatic N) is 5. The Balaban J connectivity index is 1.42. The van der Waals surface area contributed by atoms with Crippen LogP contribution in [0.5, 0.6) is 0 Å². The van der Waals surface area contributed by atoms with Crippen LogP contribution in [0.15, 0.2) is 72.0 Å². The summed E-state index contributed by atoms with van der Waals surface area (Å²) in [4.78, 5) is 40.2. The van der Waals surface area contributed by atoms with Crippen molar-refractivity contribution in [3.63, 3.8) is 0 Å². The van der Waals surface area contributed by atoms with Gasteiger partial charge in [0, 0.05) is 32.4 Å². The summed E-state index contributed by atoms with van der Waals surface area (Å²) < 4.78 is 29.0. The van der Waals surface area contributed by atoms with E-state index >= 15 is 0 Å². The van der Waals surface area contributed by atoms with Crippen molar-refractivity contribution in [3.8, 4) is 0 Å². The van der Waals surface area contributed by atoms with Crippen LogP contribution in [0.4, 0.5) is 5.82 Å². The van der Waals surface area contributed by atoms with Gasteiger partial charge in [-0.05, 0) is 48.1 Å². The van der Waals surface area contributed by atoms with E-state index in [1.165, 1.54) is 28.5 Å². The second kappa shape index (κ2) is 13.5. The van der Waals surface area contributed by atoms with Gasteiger partial charge >= 0.3 is 5.97 Å². The molecule has 2 N–H and O–H groups in total. The normalized spacial score (nSPS) is 15.8. The fraction of sp³-hybridized carbons (Fsp3) is 0.344. The molecule has 1 amide bonds. The van der Waals surface area contributed by atoms with Gasteiger partial charge < -0.3 is 15.3 Å². The van der Waals surface area contributed by atoms with Gasteiger partial charge in [0.05, 0.1) is 17.3 Å². The number of pyridine rings is 1. The summed E-state index contributed by atoms with van der Waals surface area (Å²) in [6.07, 6.45) is 8.12. The maximum atomic E-state index is 13.9. The number of benzene rings is 2. The Morgan fingerprint density at radius 2 is 1.66 bits per heavy atom. The number of sulfonamides is 1. The minimum atomic E-state index is -4.01. The van der Waals surface area contributed by atoms with Gasteiger partial charge in [-0.3, -0.25) is 9.78 Å². The average molecular weight is 617 g/mol. The van der Waals surface area contributed by atoms with E-state index in [9.17, 15) is 23.1 Å². The first-order valence-electron chi connectivity index (χ1n) is 14.8. The second-order valence-electron chi connectivity index (χ2n) is 10.8. The van der Waals surface area contributed by atoms with E-state index in [0.717, 1.165) is 36.8 Å². The van der Waals surface area contributed by atoms with Crippen LogP contribution in [-0.2, 0) is 34.2 Å². The smallest absolute Gasteiger partial charge is 0.339 e. The Hall–Kier alpha value is -4.42. The Morgan fingerprint density at radius 1 is 0.955 bits per heavy atom. The number of fused-ring (bicyclic) bond motifs is 1. The number of carboxylic acid groups (broad SMARTS) is 1. The molecule has 1 fully saturated rings. The molecule has 1 unspecified atom stereocenters. The van der Waals surface area contributed by atoms with E-state index in [0.29, 0.717) is 11.3 Å². The zero-order chi connectivity index (χ0) is 31.3. The van der Waals surface area contributed by atoms with Crippen molar-refractivity contribution in [2.75, 3.05) is 24.5 Å². The number of rotatable bonds is 11. The first-order chi connectivity index (χ1) is 21.2. The minimum Gasteiger partial charge on any atom is -0.478 e. The number of aryl methyl sites for hydroxylation is 2. The molecule has 5 rings (SSSR count). The fourth-order valence-corrected chi connectivity index (χ4v) is 6.82. The first-order valence-corrected chi connectivity index (χ1v) is 16.2. The summed E-state index contributed by atoms with van der Waals surface area (Å²) in [5.41, 5.74) is 3.54. The molecule has 2 aromatic heterocycles. The number of aromatic carboxylic acids is 1. The molecular weight excluding hydrogens is 580 g/mol. The van der Waals surface area contributed by atoms with E-state index in [4.69, 9.17) is 0 Å². The maximum absolute atomic E-state index is 13.9. The second-order valence-corrected chi connectivity index (χ2v) is 12.7. The van der Waals surface area contributed by atoms with Gasteiger partial charge in [0.15, 0.2) is 0 Å². The number of carbonyl (C=O) groups excluding carboxylic acids is 1. The molecule has 1 saturated heterocycles. The Bertz CT molecular complexity index is 1750. The van der Waals surface area contributed by atoms with Crippen molar-refractivity contribution in [2.45, 2.75) is 57.0 Å². The Morgan fingerprint density at radius 3 is 2.34 bits per heavy atom. The van der Waals surface area contributed by atoms with Crippen LogP contribution in [0.1, 0.15) is 53.7 Å². The van der Waals surface area contributed by atoms with Gasteiger partial charge in [-0.1, -0.05) is 56.7 Å². The number of unbranched alkanes of at least 4 members (excludes halogenated alkanes) is 1. The molecule has 44 heavy (non-hydrogen) atoms. The van der Waals surface area contributed by atoms with Crippen LogP contribution < -0.4 is 10.2 Å². The van der Waals surface area contributed by atoms with Crippen LogP contribution in [0.25, 0.3) is 11.0 Å². The van der Waals surface area contributed by atoms with E-state index in [1.807, 2.05) is 19.1 Å². The highest BCUT2D eigenvalue weighted by Gasteiger charge is 2.40. The first kappa shape index (κ1) is 31.0. The highest BCUT2D eigenvalue weighted by molar-refractivity contribution is 7.89. The number of piperazine rings is 1. The lowest BCUT2D eigenvalue weighted by Gasteiger charge is -2.40. The number of carbonyl (C=O) groups is 2. The number of hydrogen-bond acceptors (Lipinski definition) is 8. The third-order valence-corrected chi connectivity index (χ3v) is 9.80. The molecule has 1 atom stereocenters. The van der Waals surface area contributed by atoms with Gasteiger partial charge in [-0.2, -0.15) is 4.31 Å². The molecule has 0 spiro atoms. The van der Waals surface area contributed by atoms with Crippen LogP contribution in [0.3, 0.4) is 0 Å². The van der Waals surface area contributed by atoms with Gasteiger partial charge in [0.1, 0.15) is 28.5 Å². The highest BCUT2D eigenvalue weighted by Crippen LogP contribution is 2.26. The van der Waals surface area contributed by atoms with E-state index in [2.05, 4.69) is 39.3 Å². The molecule has 0 bridgehead atoms. The number of amides is 1. The average Bonchev–Trinajstić information content (AvgIpc) is 3.05. The molecule has 3 heterocycles. The van der Waals surface area contributed by atoms with E-state index in [1.54, 1.807) is 29.2 Å². The number of aromatic nitrogens is 3. The molecule has 1 aliphatic heterocycles. The summed E-state index contributed by atoms with van der Waals surface area (Å²) in [7, 11) is -4.01.